The normalized spacial score (nSPS) is 17.7. The minimum Gasteiger partial charge on any atom is -0.342 e. The minimum absolute atomic E-state index is 0.0397. The number of carbonyl (C=O) groups excluding carboxylic acids is 1. The second-order valence-electron chi connectivity index (χ2n) is 7.19. The lowest BCUT2D eigenvalue weighted by atomic mass is 9.94. The van der Waals surface area contributed by atoms with E-state index in [0.717, 1.165) is 67.7 Å². The Morgan fingerprint density at radius 2 is 2.23 bits per heavy atom. The summed E-state index contributed by atoms with van der Waals surface area (Å²) in [7, 11) is 0. The number of piperidine rings is 1. The lowest BCUT2D eigenvalue weighted by Gasteiger charge is -2.32. The Kier molecular flexibility index (Phi) is 4.73. The van der Waals surface area contributed by atoms with Crippen molar-refractivity contribution >= 4 is 16.9 Å². The van der Waals surface area contributed by atoms with Crippen molar-refractivity contribution < 1.29 is 4.79 Å². The molecule has 26 heavy (non-hydrogen) atoms. The third kappa shape index (κ3) is 3.49. The third-order valence-electron chi connectivity index (χ3n) is 5.10. The van der Waals surface area contributed by atoms with Crippen molar-refractivity contribution in [3.63, 3.8) is 0 Å². The Balaban J connectivity index is 1.42. The first kappa shape index (κ1) is 16.8. The van der Waals surface area contributed by atoms with Crippen LogP contribution in [-0.2, 0) is 12.8 Å². The molecule has 6 nitrogen and oxygen atoms in total. The summed E-state index contributed by atoms with van der Waals surface area (Å²) in [6.07, 6.45) is 5.00. The smallest absolute Gasteiger partial charge is 0.274 e. The van der Waals surface area contributed by atoms with Crippen LogP contribution in [-0.4, -0.2) is 44.1 Å². The summed E-state index contributed by atoms with van der Waals surface area (Å²) in [5.41, 5.74) is 3.65. The number of aromatic nitrogens is 4. The first-order valence-corrected chi connectivity index (χ1v) is 9.50. The van der Waals surface area contributed by atoms with Gasteiger partial charge in [0.1, 0.15) is 11.5 Å². The number of carbonyl (C=O) groups is 1. The molecule has 0 radical (unpaired) electrons. The average Bonchev–Trinajstić information content (AvgIpc) is 3.28. The maximum absolute atomic E-state index is 12.8. The SMILES string of the molecule is CCCc1cc(C(=O)N2CCCC(Cc3nc4ccccc4[nH]3)C2)n[nH]1. The maximum Gasteiger partial charge on any atom is 0.274 e. The molecule has 3 aromatic rings. The summed E-state index contributed by atoms with van der Waals surface area (Å²) in [6.45, 7) is 3.70. The molecule has 6 heteroatoms. The van der Waals surface area contributed by atoms with E-state index in [4.69, 9.17) is 0 Å². The lowest BCUT2D eigenvalue weighted by molar-refractivity contribution is 0.0666. The van der Waals surface area contributed by atoms with E-state index < -0.39 is 0 Å². The fourth-order valence-corrected chi connectivity index (χ4v) is 3.82. The summed E-state index contributed by atoms with van der Waals surface area (Å²) in [4.78, 5) is 22.8. The molecule has 1 unspecified atom stereocenters. The standard InChI is InChI=1S/C20H25N5O/c1-2-6-15-12-18(24-23-15)20(26)25-10-5-7-14(13-25)11-19-21-16-8-3-4-9-17(16)22-19/h3-4,8-9,12,14H,2,5-7,10-11,13H2,1H3,(H,21,22)(H,23,24). The van der Waals surface area contributed by atoms with Gasteiger partial charge < -0.3 is 9.88 Å². The van der Waals surface area contributed by atoms with Crippen LogP contribution in [0.1, 0.15) is 48.2 Å². The van der Waals surface area contributed by atoms with Gasteiger partial charge in [-0.15, -0.1) is 0 Å². The van der Waals surface area contributed by atoms with E-state index in [1.165, 1.54) is 0 Å². The molecule has 1 atom stereocenters. The quantitative estimate of drug-likeness (QED) is 0.740. The molecule has 0 aliphatic carbocycles. The highest BCUT2D eigenvalue weighted by Crippen LogP contribution is 2.22. The first-order chi connectivity index (χ1) is 12.7. The van der Waals surface area contributed by atoms with Crippen molar-refractivity contribution in [2.24, 2.45) is 5.92 Å². The predicted molar refractivity (Wildman–Crippen MR) is 101 cm³/mol. The number of rotatable bonds is 5. The predicted octanol–water partition coefficient (Wildman–Crippen LogP) is 3.33. The number of amides is 1. The monoisotopic (exact) mass is 351 g/mol. The molecular weight excluding hydrogens is 326 g/mol. The molecule has 0 bridgehead atoms. The van der Waals surface area contributed by atoms with Gasteiger partial charge in [-0.2, -0.15) is 5.10 Å². The Morgan fingerprint density at radius 1 is 1.35 bits per heavy atom. The molecule has 1 saturated heterocycles. The van der Waals surface area contributed by atoms with E-state index in [1.54, 1.807) is 0 Å². The van der Waals surface area contributed by atoms with Gasteiger partial charge in [0.15, 0.2) is 0 Å². The lowest BCUT2D eigenvalue weighted by Crippen LogP contribution is -2.40. The fraction of sp³-hybridized carbons (Fsp3) is 0.450. The number of imidazole rings is 1. The van der Waals surface area contributed by atoms with Crippen LogP contribution in [0.4, 0.5) is 0 Å². The van der Waals surface area contributed by atoms with Gasteiger partial charge >= 0.3 is 0 Å². The summed E-state index contributed by atoms with van der Waals surface area (Å²) in [6, 6.07) is 9.99. The summed E-state index contributed by atoms with van der Waals surface area (Å²) < 4.78 is 0. The number of benzene rings is 1. The van der Waals surface area contributed by atoms with Gasteiger partial charge in [-0.25, -0.2) is 4.98 Å². The topological polar surface area (TPSA) is 77.7 Å². The van der Waals surface area contributed by atoms with Crippen molar-refractivity contribution in [3.05, 3.63) is 47.5 Å². The van der Waals surface area contributed by atoms with E-state index in [-0.39, 0.29) is 5.91 Å². The zero-order chi connectivity index (χ0) is 17.9. The second-order valence-corrected chi connectivity index (χ2v) is 7.19. The van der Waals surface area contributed by atoms with E-state index >= 15 is 0 Å². The van der Waals surface area contributed by atoms with Gasteiger partial charge in [-0.05, 0) is 43.4 Å². The van der Waals surface area contributed by atoms with Crippen LogP contribution in [0.3, 0.4) is 0 Å². The van der Waals surface area contributed by atoms with Crippen LogP contribution in [0.15, 0.2) is 30.3 Å². The maximum atomic E-state index is 12.8. The highest BCUT2D eigenvalue weighted by atomic mass is 16.2. The van der Waals surface area contributed by atoms with Crippen LogP contribution < -0.4 is 0 Å². The Hall–Kier alpha value is -2.63. The number of fused-ring (bicyclic) bond motifs is 1. The number of nitrogens with one attached hydrogen (secondary N) is 2. The van der Waals surface area contributed by atoms with Gasteiger partial charge in [0.2, 0.25) is 0 Å². The van der Waals surface area contributed by atoms with Crippen molar-refractivity contribution in [2.75, 3.05) is 13.1 Å². The van der Waals surface area contributed by atoms with Gasteiger partial charge in [0, 0.05) is 25.2 Å². The van der Waals surface area contributed by atoms with Gasteiger partial charge in [0.05, 0.1) is 11.0 Å². The Labute approximate surface area is 153 Å². The molecule has 136 valence electrons. The van der Waals surface area contributed by atoms with Gasteiger partial charge in [0.25, 0.3) is 5.91 Å². The van der Waals surface area contributed by atoms with E-state index in [0.29, 0.717) is 11.6 Å². The molecule has 1 aromatic carbocycles. The molecule has 1 aliphatic rings. The molecule has 3 heterocycles. The van der Waals surface area contributed by atoms with Crippen LogP contribution in [0.25, 0.3) is 11.0 Å². The Morgan fingerprint density at radius 3 is 3.08 bits per heavy atom. The highest BCUT2D eigenvalue weighted by Gasteiger charge is 2.26. The molecule has 2 N–H and O–H groups in total. The minimum atomic E-state index is 0.0397. The largest absolute Gasteiger partial charge is 0.342 e. The van der Waals surface area contributed by atoms with E-state index in [9.17, 15) is 4.79 Å². The van der Waals surface area contributed by atoms with Crippen LogP contribution >= 0.6 is 0 Å². The number of nitrogens with zero attached hydrogens (tertiary/aromatic N) is 3. The van der Waals surface area contributed by atoms with Crippen LogP contribution in [0.2, 0.25) is 0 Å². The van der Waals surface area contributed by atoms with Crippen molar-refractivity contribution in [1.29, 1.82) is 0 Å². The number of aryl methyl sites for hydroxylation is 1. The number of para-hydroxylation sites is 2. The van der Waals surface area contributed by atoms with Gasteiger partial charge in [-0.1, -0.05) is 25.5 Å². The summed E-state index contributed by atoms with van der Waals surface area (Å²) >= 11 is 0. The zero-order valence-electron chi connectivity index (χ0n) is 15.2. The zero-order valence-corrected chi connectivity index (χ0v) is 15.2. The summed E-state index contributed by atoms with van der Waals surface area (Å²) in [5.74, 6) is 1.48. The molecule has 4 rings (SSSR count). The van der Waals surface area contributed by atoms with Crippen molar-refractivity contribution in [2.45, 2.75) is 39.0 Å². The molecular formula is C20H25N5O. The molecule has 1 fully saturated rings. The Bertz CT molecular complexity index is 863. The first-order valence-electron chi connectivity index (χ1n) is 9.50. The molecule has 1 amide bonds. The van der Waals surface area contributed by atoms with E-state index in [1.807, 2.05) is 35.2 Å². The van der Waals surface area contributed by atoms with Gasteiger partial charge in [-0.3, -0.25) is 9.89 Å². The summed E-state index contributed by atoms with van der Waals surface area (Å²) in [5, 5.41) is 7.19. The van der Waals surface area contributed by atoms with Crippen molar-refractivity contribution in [1.82, 2.24) is 25.1 Å². The number of aromatic amines is 2. The highest BCUT2D eigenvalue weighted by molar-refractivity contribution is 5.92. The number of hydrogen-bond acceptors (Lipinski definition) is 3. The number of H-pyrrole nitrogens is 2. The van der Waals surface area contributed by atoms with Crippen molar-refractivity contribution in [3.8, 4) is 0 Å². The molecule has 1 aliphatic heterocycles. The molecule has 0 spiro atoms. The molecule has 2 aromatic heterocycles. The number of likely N-dealkylation sites (tertiary alicyclic amines) is 1. The molecule has 0 saturated carbocycles. The number of hydrogen-bond donors (Lipinski definition) is 2. The average molecular weight is 351 g/mol. The third-order valence-corrected chi connectivity index (χ3v) is 5.10. The fourth-order valence-electron chi connectivity index (χ4n) is 3.82. The van der Waals surface area contributed by atoms with E-state index in [2.05, 4.69) is 27.1 Å². The van der Waals surface area contributed by atoms with Crippen LogP contribution in [0, 0.1) is 5.92 Å². The van der Waals surface area contributed by atoms with Crippen LogP contribution in [0.5, 0.6) is 0 Å². The second kappa shape index (κ2) is 7.32.